The van der Waals surface area contributed by atoms with Gasteiger partial charge in [-0.3, -0.25) is 19.1 Å². The molecule has 28 heavy (non-hydrogen) atoms. The standard InChI is InChI=1S/C21H18N4O3/c1-13(15-7-4-3-5-8-15)25-12-23-20-18(21(25)27)17(14(2)28-20)19(26)24-16-9-6-10-22-11-16/h3-13H,1-2H3,(H,24,26)/t13-/m1/s1. The molecule has 0 saturated carbocycles. The van der Waals surface area contributed by atoms with Crippen molar-refractivity contribution in [1.82, 2.24) is 14.5 Å². The van der Waals surface area contributed by atoms with Crippen LogP contribution >= 0.6 is 0 Å². The number of aromatic nitrogens is 3. The highest BCUT2D eigenvalue weighted by Gasteiger charge is 2.24. The van der Waals surface area contributed by atoms with Crippen molar-refractivity contribution in [3.8, 4) is 0 Å². The van der Waals surface area contributed by atoms with E-state index in [1.807, 2.05) is 37.3 Å². The molecular formula is C21H18N4O3. The van der Waals surface area contributed by atoms with Crippen molar-refractivity contribution in [1.29, 1.82) is 0 Å². The quantitative estimate of drug-likeness (QED) is 0.590. The van der Waals surface area contributed by atoms with E-state index in [9.17, 15) is 9.59 Å². The minimum absolute atomic E-state index is 0.148. The molecule has 3 heterocycles. The van der Waals surface area contributed by atoms with Crippen molar-refractivity contribution in [3.63, 3.8) is 0 Å². The first-order chi connectivity index (χ1) is 13.6. The molecule has 0 fully saturated rings. The lowest BCUT2D eigenvalue weighted by molar-refractivity contribution is 0.102. The predicted molar refractivity (Wildman–Crippen MR) is 105 cm³/mol. The summed E-state index contributed by atoms with van der Waals surface area (Å²) in [7, 11) is 0. The molecule has 0 unspecified atom stereocenters. The number of benzene rings is 1. The van der Waals surface area contributed by atoms with E-state index in [0.29, 0.717) is 11.4 Å². The fourth-order valence-corrected chi connectivity index (χ4v) is 3.19. The van der Waals surface area contributed by atoms with Crippen molar-refractivity contribution < 1.29 is 9.21 Å². The van der Waals surface area contributed by atoms with Crippen LogP contribution in [0.5, 0.6) is 0 Å². The molecule has 4 aromatic rings. The molecule has 3 aromatic heterocycles. The Morgan fingerprint density at radius 1 is 1.18 bits per heavy atom. The lowest BCUT2D eigenvalue weighted by Gasteiger charge is -2.15. The van der Waals surface area contributed by atoms with Gasteiger partial charge in [-0.25, -0.2) is 4.98 Å². The largest absolute Gasteiger partial charge is 0.442 e. The Hall–Kier alpha value is -3.74. The van der Waals surface area contributed by atoms with Gasteiger partial charge in [-0.15, -0.1) is 0 Å². The summed E-state index contributed by atoms with van der Waals surface area (Å²) in [5.41, 5.74) is 1.51. The average molecular weight is 374 g/mol. The second-order valence-electron chi connectivity index (χ2n) is 6.45. The van der Waals surface area contributed by atoms with Crippen LogP contribution in [0.25, 0.3) is 11.1 Å². The van der Waals surface area contributed by atoms with Crippen LogP contribution in [-0.2, 0) is 0 Å². The molecule has 7 heteroatoms. The minimum Gasteiger partial charge on any atom is -0.442 e. The highest BCUT2D eigenvalue weighted by molar-refractivity contribution is 6.12. The highest BCUT2D eigenvalue weighted by Crippen LogP contribution is 2.24. The molecule has 0 bridgehead atoms. The number of furan rings is 1. The molecule has 140 valence electrons. The number of aryl methyl sites for hydroxylation is 1. The Morgan fingerprint density at radius 2 is 1.96 bits per heavy atom. The molecular weight excluding hydrogens is 356 g/mol. The van der Waals surface area contributed by atoms with E-state index in [1.54, 1.807) is 25.3 Å². The third-order valence-electron chi connectivity index (χ3n) is 4.66. The van der Waals surface area contributed by atoms with E-state index in [-0.39, 0.29) is 28.3 Å². The third kappa shape index (κ3) is 3.07. The summed E-state index contributed by atoms with van der Waals surface area (Å²) >= 11 is 0. The monoisotopic (exact) mass is 374 g/mol. The molecule has 0 spiro atoms. The number of carbonyl (C=O) groups excluding carboxylic acids is 1. The van der Waals surface area contributed by atoms with Crippen LogP contribution in [-0.4, -0.2) is 20.4 Å². The summed E-state index contributed by atoms with van der Waals surface area (Å²) in [5, 5.41) is 2.92. The number of amides is 1. The average Bonchev–Trinajstić information content (AvgIpc) is 3.06. The van der Waals surface area contributed by atoms with Crippen molar-refractivity contribution in [2.24, 2.45) is 0 Å². The zero-order valence-corrected chi connectivity index (χ0v) is 15.4. The van der Waals surface area contributed by atoms with Crippen LogP contribution in [0.1, 0.15) is 34.6 Å². The van der Waals surface area contributed by atoms with E-state index in [4.69, 9.17) is 4.42 Å². The number of carbonyl (C=O) groups is 1. The number of rotatable bonds is 4. The van der Waals surface area contributed by atoms with Crippen LogP contribution in [0, 0.1) is 6.92 Å². The summed E-state index contributed by atoms with van der Waals surface area (Å²) in [6, 6.07) is 12.8. The number of hydrogen-bond donors (Lipinski definition) is 1. The van der Waals surface area contributed by atoms with Crippen molar-refractivity contribution in [2.45, 2.75) is 19.9 Å². The normalized spacial score (nSPS) is 12.1. The van der Waals surface area contributed by atoms with Gasteiger partial charge in [0, 0.05) is 6.20 Å². The van der Waals surface area contributed by atoms with Gasteiger partial charge < -0.3 is 9.73 Å². The molecule has 7 nitrogen and oxygen atoms in total. The van der Waals surface area contributed by atoms with Crippen molar-refractivity contribution in [2.75, 3.05) is 5.32 Å². The van der Waals surface area contributed by atoms with Crippen LogP contribution in [0.3, 0.4) is 0 Å². The molecule has 1 amide bonds. The Kier molecular flexibility index (Phi) is 4.49. The van der Waals surface area contributed by atoms with Crippen LogP contribution in [0.15, 0.2) is 70.4 Å². The molecule has 1 atom stereocenters. The smallest absolute Gasteiger partial charge is 0.266 e. The summed E-state index contributed by atoms with van der Waals surface area (Å²) in [6.07, 6.45) is 4.60. The third-order valence-corrected chi connectivity index (χ3v) is 4.66. The SMILES string of the molecule is Cc1oc2ncn([C@H](C)c3ccccc3)c(=O)c2c1C(=O)Nc1cccnc1. The van der Waals surface area contributed by atoms with E-state index in [1.165, 1.54) is 17.1 Å². The summed E-state index contributed by atoms with van der Waals surface area (Å²) in [5.74, 6) is -0.0978. The van der Waals surface area contributed by atoms with Gasteiger partial charge in [0.15, 0.2) is 0 Å². The van der Waals surface area contributed by atoms with Gasteiger partial charge in [-0.2, -0.15) is 0 Å². The molecule has 0 aliphatic heterocycles. The van der Waals surface area contributed by atoms with Gasteiger partial charge in [0.25, 0.3) is 11.5 Å². The highest BCUT2D eigenvalue weighted by atomic mass is 16.3. The van der Waals surface area contributed by atoms with E-state index in [2.05, 4.69) is 15.3 Å². The van der Waals surface area contributed by atoms with Gasteiger partial charge in [-0.1, -0.05) is 30.3 Å². The van der Waals surface area contributed by atoms with Gasteiger partial charge in [0.05, 0.1) is 23.5 Å². The maximum atomic E-state index is 13.2. The second-order valence-corrected chi connectivity index (χ2v) is 6.45. The fraction of sp³-hybridized carbons (Fsp3) is 0.143. The summed E-state index contributed by atoms with van der Waals surface area (Å²) < 4.78 is 7.09. The number of hydrogen-bond acceptors (Lipinski definition) is 5. The van der Waals surface area contributed by atoms with Crippen LogP contribution < -0.4 is 10.9 Å². The molecule has 1 aromatic carbocycles. The number of pyridine rings is 1. The Morgan fingerprint density at radius 3 is 2.68 bits per heavy atom. The van der Waals surface area contributed by atoms with Crippen LogP contribution in [0.4, 0.5) is 5.69 Å². The van der Waals surface area contributed by atoms with Gasteiger partial charge in [-0.05, 0) is 31.5 Å². The first-order valence-electron chi connectivity index (χ1n) is 8.83. The van der Waals surface area contributed by atoms with Crippen molar-refractivity contribution >= 4 is 22.7 Å². The molecule has 0 aliphatic rings. The summed E-state index contributed by atoms with van der Waals surface area (Å²) in [4.78, 5) is 34.3. The molecule has 0 aliphatic carbocycles. The number of fused-ring (bicyclic) bond motifs is 1. The number of nitrogens with one attached hydrogen (secondary N) is 1. The maximum absolute atomic E-state index is 13.2. The predicted octanol–water partition coefficient (Wildman–Crippen LogP) is 3.55. The molecule has 4 rings (SSSR count). The zero-order valence-electron chi connectivity index (χ0n) is 15.4. The van der Waals surface area contributed by atoms with Crippen LogP contribution in [0.2, 0.25) is 0 Å². The topological polar surface area (TPSA) is 90.0 Å². The second kappa shape index (κ2) is 7.11. The first kappa shape index (κ1) is 17.7. The fourth-order valence-electron chi connectivity index (χ4n) is 3.19. The maximum Gasteiger partial charge on any atom is 0.266 e. The van der Waals surface area contributed by atoms with Gasteiger partial charge in [0.1, 0.15) is 17.5 Å². The van der Waals surface area contributed by atoms with Gasteiger partial charge in [0.2, 0.25) is 5.71 Å². The van der Waals surface area contributed by atoms with Crippen molar-refractivity contribution in [3.05, 3.63) is 88.4 Å². The van der Waals surface area contributed by atoms with E-state index >= 15 is 0 Å². The number of anilines is 1. The zero-order chi connectivity index (χ0) is 19.7. The van der Waals surface area contributed by atoms with E-state index in [0.717, 1.165) is 5.56 Å². The molecule has 1 N–H and O–H groups in total. The Labute approximate surface area is 160 Å². The minimum atomic E-state index is -0.437. The van der Waals surface area contributed by atoms with E-state index < -0.39 is 5.91 Å². The lowest BCUT2D eigenvalue weighted by Crippen LogP contribution is -2.25. The molecule has 0 saturated heterocycles. The molecule has 0 radical (unpaired) electrons. The summed E-state index contributed by atoms with van der Waals surface area (Å²) in [6.45, 7) is 3.55. The first-order valence-corrected chi connectivity index (χ1v) is 8.83. The number of nitrogens with zero attached hydrogens (tertiary/aromatic N) is 3. The lowest BCUT2D eigenvalue weighted by atomic mass is 10.1. The Bertz CT molecular complexity index is 1200. The Balaban J connectivity index is 1.81. The van der Waals surface area contributed by atoms with Gasteiger partial charge >= 0.3 is 0 Å².